The van der Waals surface area contributed by atoms with E-state index in [0.717, 1.165) is 87.1 Å². The lowest BCUT2D eigenvalue weighted by Gasteiger charge is -2.34. The highest BCUT2D eigenvalue weighted by Crippen LogP contribution is 2.53. The van der Waals surface area contributed by atoms with Crippen molar-refractivity contribution in [1.29, 1.82) is 0 Å². The van der Waals surface area contributed by atoms with Crippen molar-refractivity contribution in [2.24, 2.45) is 5.92 Å². The van der Waals surface area contributed by atoms with E-state index in [0.29, 0.717) is 6.10 Å². The minimum atomic E-state index is -0.784. The van der Waals surface area contributed by atoms with Gasteiger partial charge in [-0.3, -0.25) is 4.79 Å². The van der Waals surface area contributed by atoms with Crippen LogP contribution in [0.3, 0.4) is 0 Å². The molecule has 2 aliphatic carbocycles. The highest BCUT2D eigenvalue weighted by Gasteiger charge is 2.44. The van der Waals surface area contributed by atoms with Crippen molar-refractivity contribution in [2.45, 2.75) is 128 Å². The van der Waals surface area contributed by atoms with E-state index in [1.807, 2.05) is 18.2 Å². The van der Waals surface area contributed by atoms with Gasteiger partial charge in [-0.25, -0.2) is 4.98 Å². The number of aryl methyl sites for hydroxylation is 2. The van der Waals surface area contributed by atoms with E-state index in [1.54, 1.807) is 6.92 Å². The van der Waals surface area contributed by atoms with Crippen LogP contribution >= 0.6 is 0 Å². The minimum Gasteiger partial charge on any atom is -0.490 e. The van der Waals surface area contributed by atoms with Crippen molar-refractivity contribution in [3.63, 3.8) is 0 Å². The van der Waals surface area contributed by atoms with Gasteiger partial charge in [0, 0.05) is 37.3 Å². The molecule has 7 nitrogen and oxygen atoms in total. The molecule has 1 saturated heterocycles. The summed E-state index contributed by atoms with van der Waals surface area (Å²) in [4.78, 5) is 16.2. The van der Waals surface area contributed by atoms with Gasteiger partial charge in [-0.2, -0.15) is 0 Å². The Morgan fingerprint density at radius 3 is 2.64 bits per heavy atom. The number of aromatic nitrogens is 1. The van der Waals surface area contributed by atoms with Crippen LogP contribution in [0, 0.1) is 5.92 Å². The zero-order chi connectivity index (χ0) is 30.9. The molecule has 1 aromatic heterocycles. The molecule has 0 radical (unpaired) electrons. The fourth-order valence-electron chi connectivity index (χ4n) is 6.68. The Bertz CT molecular complexity index is 1220. The molecule has 7 heteroatoms. The number of anilines is 1. The lowest BCUT2D eigenvalue weighted by molar-refractivity contribution is -0.138. The maximum Gasteiger partial charge on any atom is 0.310 e. The largest absolute Gasteiger partial charge is 0.490 e. The van der Waals surface area contributed by atoms with Gasteiger partial charge in [0.1, 0.15) is 17.7 Å². The summed E-state index contributed by atoms with van der Waals surface area (Å²) >= 11 is 0. The van der Waals surface area contributed by atoms with E-state index < -0.39 is 11.9 Å². The molecule has 1 aromatic carbocycles. The molecule has 3 heterocycles. The van der Waals surface area contributed by atoms with Crippen LogP contribution in [0.5, 0.6) is 5.75 Å². The SMILES string of the molecule is CC(C(=O)O)c1cccc(OC2CCOCC2)c1C1(C)CC1.CCC1CC(OCCCCCc2ccc3c(n2)NCCC3)C1. The quantitative estimate of drug-likeness (QED) is 0.225. The van der Waals surface area contributed by atoms with Crippen LogP contribution in [0.2, 0.25) is 0 Å². The van der Waals surface area contributed by atoms with Gasteiger partial charge in [0.15, 0.2) is 0 Å². The van der Waals surface area contributed by atoms with Crippen molar-refractivity contribution >= 4 is 11.8 Å². The first-order valence-corrected chi connectivity index (χ1v) is 17.3. The van der Waals surface area contributed by atoms with Crippen molar-refractivity contribution < 1.29 is 24.1 Å². The molecule has 2 aliphatic heterocycles. The third-order valence-electron chi connectivity index (χ3n) is 10.1. The third kappa shape index (κ3) is 8.75. The van der Waals surface area contributed by atoms with E-state index in [-0.39, 0.29) is 11.5 Å². The number of nitrogens with one attached hydrogen (secondary N) is 1. The molecule has 44 heavy (non-hydrogen) atoms. The predicted molar refractivity (Wildman–Crippen MR) is 175 cm³/mol. The maximum absolute atomic E-state index is 11.4. The molecule has 1 atom stereocenters. The molecule has 2 aromatic rings. The molecule has 1 unspecified atom stereocenters. The van der Waals surface area contributed by atoms with Gasteiger partial charge in [0.05, 0.1) is 25.2 Å². The van der Waals surface area contributed by atoms with Crippen LogP contribution in [0.4, 0.5) is 5.82 Å². The summed E-state index contributed by atoms with van der Waals surface area (Å²) in [5.74, 6) is 1.65. The maximum atomic E-state index is 11.4. The Balaban J connectivity index is 0.000000175. The number of carbonyl (C=O) groups is 1. The van der Waals surface area contributed by atoms with Gasteiger partial charge >= 0.3 is 5.97 Å². The number of carboxylic acids is 1. The second-order valence-electron chi connectivity index (χ2n) is 13.7. The summed E-state index contributed by atoms with van der Waals surface area (Å²) in [5, 5.41) is 12.8. The van der Waals surface area contributed by atoms with Crippen LogP contribution in [-0.4, -0.2) is 54.6 Å². The Hall–Kier alpha value is -2.64. The molecule has 0 amide bonds. The number of carboxylic acid groups (broad SMARTS) is 1. The number of nitrogens with zero attached hydrogens (tertiary/aromatic N) is 1. The van der Waals surface area contributed by atoms with Crippen molar-refractivity contribution in [2.75, 3.05) is 31.7 Å². The van der Waals surface area contributed by atoms with Gasteiger partial charge in [0.25, 0.3) is 0 Å². The Kier molecular flexibility index (Phi) is 11.6. The van der Waals surface area contributed by atoms with Crippen molar-refractivity contribution in [3.05, 3.63) is 52.7 Å². The lowest BCUT2D eigenvalue weighted by atomic mass is 9.80. The Labute approximate surface area is 264 Å². The normalized spacial score (nSPS) is 22.8. The van der Waals surface area contributed by atoms with Gasteiger partial charge in [-0.05, 0) is 99.3 Å². The molecule has 242 valence electrons. The summed E-state index contributed by atoms with van der Waals surface area (Å²) in [6.07, 6.45) is 15.8. The number of hydrogen-bond donors (Lipinski definition) is 2. The Morgan fingerprint density at radius 2 is 1.91 bits per heavy atom. The van der Waals surface area contributed by atoms with Crippen LogP contribution in [0.15, 0.2) is 30.3 Å². The highest BCUT2D eigenvalue weighted by molar-refractivity contribution is 5.77. The third-order valence-corrected chi connectivity index (χ3v) is 10.1. The molecule has 2 saturated carbocycles. The number of unbranched alkanes of at least 4 members (excludes halogenated alkanes) is 2. The fourth-order valence-corrected chi connectivity index (χ4v) is 6.68. The molecule has 6 rings (SSSR count). The number of aliphatic carboxylic acids is 1. The summed E-state index contributed by atoms with van der Waals surface area (Å²) < 4.78 is 17.5. The van der Waals surface area contributed by atoms with Crippen LogP contribution in [-0.2, 0) is 32.5 Å². The minimum absolute atomic E-state index is 0.0702. The molecule has 2 N–H and O–H groups in total. The average molecular weight is 607 g/mol. The number of benzene rings is 1. The van der Waals surface area contributed by atoms with Crippen LogP contribution in [0.1, 0.15) is 120 Å². The number of hydrogen-bond acceptors (Lipinski definition) is 6. The van der Waals surface area contributed by atoms with Gasteiger partial charge in [-0.15, -0.1) is 0 Å². The molecule has 3 fully saturated rings. The van der Waals surface area contributed by atoms with E-state index in [4.69, 9.17) is 19.2 Å². The lowest BCUT2D eigenvalue weighted by Crippen LogP contribution is -2.31. The summed E-state index contributed by atoms with van der Waals surface area (Å²) in [7, 11) is 0. The smallest absolute Gasteiger partial charge is 0.310 e. The van der Waals surface area contributed by atoms with Crippen molar-refractivity contribution in [3.8, 4) is 5.75 Å². The monoisotopic (exact) mass is 606 g/mol. The Morgan fingerprint density at radius 1 is 1.11 bits per heavy atom. The van der Waals surface area contributed by atoms with Gasteiger partial charge in [-0.1, -0.05) is 44.9 Å². The number of pyridine rings is 1. The molecule has 4 aliphatic rings. The highest BCUT2D eigenvalue weighted by atomic mass is 16.5. The number of ether oxygens (including phenoxy) is 3. The number of fused-ring (bicyclic) bond motifs is 1. The van der Waals surface area contributed by atoms with Gasteiger partial charge < -0.3 is 24.6 Å². The first-order valence-electron chi connectivity index (χ1n) is 17.3. The van der Waals surface area contributed by atoms with E-state index in [2.05, 4.69) is 31.3 Å². The predicted octanol–water partition coefficient (Wildman–Crippen LogP) is 7.84. The van der Waals surface area contributed by atoms with E-state index >= 15 is 0 Å². The first-order chi connectivity index (χ1) is 21.4. The summed E-state index contributed by atoms with van der Waals surface area (Å²) in [5.41, 5.74) is 4.70. The molecular formula is C37H54N2O5. The second kappa shape index (κ2) is 15.6. The van der Waals surface area contributed by atoms with E-state index in [1.165, 1.54) is 62.6 Å². The van der Waals surface area contributed by atoms with E-state index in [9.17, 15) is 9.90 Å². The zero-order valence-corrected chi connectivity index (χ0v) is 27.2. The zero-order valence-electron chi connectivity index (χ0n) is 27.2. The van der Waals surface area contributed by atoms with Crippen molar-refractivity contribution in [1.82, 2.24) is 4.98 Å². The number of rotatable bonds is 13. The molecule has 0 spiro atoms. The van der Waals surface area contributed by atoms with Gasteiger partial charge in [0.2, 0.25) is 0 Å². The molecular weight excluding hydrogens is 552 g/mol. The standard InChI is InChI=1S/C19H30N2O.C18H24O4/c1-2-15-13-18(14-15)22-12-5-3-4-8-17-10-9-16-7-6-11-20-19(16)21-17;1-12(17(19)20)14-4-3-5-15(16(14)18(2)8-9-18)22-13-6-10-21-11-7-13/h9-10,15,18H,2-8,11-14H2,1H3,(H,20,21);3-5,12-13H,6-11H2,1-2H3,(H,19,20). The second-order valence-corrected chi connectivity index (χ2v) is 13.7. The van der Waals surface area contributed by atoms with Crippen LogP contribution < -0.4 is 10.1 Å². The molecule has 0 bridgehead atoms. The topological polar surface area (TPSA) is 89.9 Å². The fraction of sp³-hybridized carbons (Fsp3) is 0.676. The summed E-state index contributed by atoms with van der Waals surface area (Å²) in [6.45, 7) is 9.74. The summed E-state index contributed by atoms with van der Waals surface area (Å²) in [6, 6.07) is 10.3. The first kappa shape index (κ1) is 32.7. The van der Waals surface area contributed by atoms with Crippen LogP contribution in [0.25, 0.3) is 0 Å². The average Bonchev–Trinajstić information content (AvgIpc) is 3.77.